The Kier molecular flexibility index (Phi) is 11.1. The number of hydrogen-bond acceptors (Lipinski definition) is 5. The molecule has 1 atom stereocenters. The molecule has 3 rings (SSSR count). The van der Waals surface area contributed by atoms with E-state index in [9.17, 15) is 4.79 Å². The van der Waals surface area contributed by atoms with Crippen LogP contribution in [-0.2, 0) is 4.79 Å². The van der Waals surface area contributed by atoms with Gasteiger partial charge in [-0.25, -0.2) is 9.98 Å². The lowest BCUT2D eigenvalue weighted by atomic mass is 10.2. The molecular weight excluding hydrogens is 432 g/mol. The lowest BCUT2D eigenvalue weighted by Crippen LogP contribution is -2.31. The van der Waals surface area contributed by atoms with Gasteiger partial charge in [0.2, 0.25) is 0 Å². The van der Waals surface area contributed by atoms with Crippen LogP contribution in [0.4, 0.5) is 0 Å². The summed E-state index contributed by atoms with van der Waals surface area (Å²) in [5, 5.41) is 2.77. The number of para-hydroxylation sites is 1. The van der Waals surface area contributed by atoms with Gasteiger partial charge in [0.1, 0.15) is 23.1 Å². The molecule has 176 valence electrons. The zero-order valence-electron chi connectivity index (χ0n) is 19.9. The normalized spacial score (nSPS) is 11.8. The predicted octanol–water partition coefficient (Wildman–Crippen LogP) is 5.49. The first-order chi connectivity index (χ1) is 16.0. The Hall–Kier alpha value is -3.19. The van der Waals surface area contributed by atoms with E-state index in [4.69, 9.17) is 10.5 Å². The molecule has 3 aromatic rings. The Morgan fingerprint density at radius 3 is 2.52 bits per heavy atom. The van der Waals surface area contributed by atoms with Crippen LogP contribution in [0.15, 0.2) is 65.0 Å². The molecule has 6 nitrogen and oxygen atoms in total. The number of hydrogen-bond donors (Lipinski definition) is 1. The Bertz CT molecular complexity index is 1000. The van der Waals surface area contributed by atoms with Crippen molar-refractivity contribution in [3.05, 3.63) is 70.5 Å². The molecule has 0 bridgehead atoms. The lowest BCUT2D eigenvalue weighted by Gasteiger charge is -2.13. The van der Waals surface area contributed by atoms with Crippen molar-refractivity contribution >= 4 is 23.6 Å². The summed E-state index contributed by atoms with van der Waals surface area (Å²) in [5.74, 6) is 1.41. The zero-order valence-corrected chi connectivity index (χ0v) is 20.7. The SMILES string of the molecule is CCCCOc1ccccc1C.CN(C)C(N)=NC(CC=O)c1nc(-c2ccccc2)cs1. The summed E-state index contributed by atoms with van der Waals surface area (Å²) in [6.07, 6.45) is 3.44. The fourth-order valence-corrected chi connectivity index (χ4v) is 3.68. The highest BCUT2D eigenvalue weighted by Crippen LogP contribution is 2.28. The third-order valence-corrected chi connectivity index (χ3v) is 5.74. The van der Waals surface area contributed by atoms with Gasteiger partial charge in [-0.15, -0.1) is 11.3 Å². The molecule has 0 amide bonds. The van der Waals surface area contributed by atoms with Crippen LogP contribution in [0, 0.1) is 6.92 Å². The molecule has 2 N–H and O–H groups in total. The first-order valence-corrected chi connectivity index (χ1v) is 12.0. The highest BCUT2D eigenvalue weighted by Gasteiger charge is 2.16. The van der Waals surface area contributed by atoms with Gasteiger partial charge in [-0.3, -0.25) is 0 Å². The van der Waals surface area contributed by atoms with Crippen molar-refractivity contribution in [2.75, 3.05) is 20.7 Å². The molecule has 0 aliphatic heterocycles. The summed E-state index contributed by atoms with van der Waals surface area (Å²) in [4.78, 5) is 21.6. The fraction of sp³-hybridized carbons (Fsp3) is 0.346. The van der Waals surface area contributed by atoms with Crippen LogP contribution in [-0.4, -0.2) is 42.8 Å². The van der Waals surface area contributed by atoms with Crippen LogP contribution in [0.25, 0.3) is 11.3 Å². The van der Waals surface area contributed by atoms with Gasteiger partial charge < -0.3 is 20.2 Å². The lowest BCUT2D eigenvalue weighted by molar-refractivity contribution is -0.108. The van der Waals surface area contributed by atoms with Gasteiger partial charge in [0, 0.05) is 31.5 Å². The average Bonchev–Trinajstić information content (AvgIpc) is 3.31. The molecule has 0 aliphatic rings. The van der Waals surface area contributed by atoms with Gasteiger partial charge in [-0.1, -0.05) is 61.9 Å². The molecule has 33 heavy (non-hydrogen) atoms. The molecule has 0 aliphatic carbocycles. The highest BCUT2D eigenvalue weighted by molar-refractivity contribution is 7.10. The predicted molar refractivity (Wildman–Crippen MR) is 138 cm³/mol. The third kappa shape index (κ3) is 8.69. The number of nitrogens with two attached hydrogens (primary N) is 1. The van der Waals surface area contributed by atoms with Gasteiger partial charge >= 0.3 is 0 Å². The van der Waals surface area contributed by atoms with E-state index in [2.05, 4.69) is 29.9 Å². The van der Waals surface area contributed by atoms with Crippen LogP contribution in [0.5, 0.6) is 5.75 Å². The molecule has 0 saturated carbocycles. The fourth-order valence-electron chi connectivity index (χ4n) is 2.80. The summed E-state index contributed by atoms with van der Waals surface area (Å²) in [6, 6.07) is 17.7. The Morgan fingerprint density at radius 2 is 1.88 bits per heavy atom. The van der Waals surface area contributed by atoms with Crippen LogP contribution in [0.1, 0.15) is 42.8 Å². The Morgan fingerprint density at radius 1 is 1.18 bits per heavy atom. The third-order valence-electron chi connectivity index (χ3n) is 4.79. The maximum absolute atomic E-state index is 10.9. The second kappa shape index (κ2) is 14.1. The van der Waals surface area contributed by atoms with E-state index in [1.807, 2.05) is 68.0 Å². The van der Waals surface area contributed by atoms with Crippen molar-refractivity contribution < 1.29 is 9.53 Å². The van der Waals surface area contributed by atoms with Crippen LogP contribution in [0.2, 0.25) is 0 Å². The largest absolute Gasteiger partial charge is 0.493 e. The number of carbonyl (C=O) groups is 1. The highest BCUT2D eigenvalue weighted by atomic mass is 32.1. The molecule has 2 aromatic carbocycles. The number of nitrogens with zero attached hydrogens (tertiary/aromatic N) is 3. The molecule has 1 unspecified atom stereocenters. The molecule has 1 aromatic heterocycles. The standard InChI is InChI=1S/C15H18N4OS.C11H16O/c1-19(2)15(16)18-12(8-9-20)14-17-13(10-21-14)11-6-4-3-5-7-11;1-3-4-9-12-11-8-6-5-7-10(11)2/h3-7,9-10,12H,8H2,1-2H3,(H2,16,18);5-8H,3-4,9H2,1-2H3. The maximum Gasteiger partial charge on any atom is 0.191 e. The molecular formula is C26H34N4O2S. The molecule has 1 heterocycles. The maximum atomic E-state index is 10.9. The first-order valence-electron chi connectivity index (χ1n) is 11.1. The minimum Gasteiger partial charge on any atom is -0.493 e. The molecule has 7 heteroatoms. The van der Waals surface area contributed by atoms with E-state index in [1.165, 1.54) is 23.3 Å². The number of aldehydes is 1. The van der Waals surface area contributed by atoms with Crippen molar-refractivity contribution in [2.45, 2.75) is 39.2 Å². The van der Waals surface area contributed by atoms with E-state index in [-0.39, 0.29) is 12.5 Å². The van der Waals surface area contributed by atoms with Crippen LogP contribution in [0.3, 0.4) is 0 Å². The molecule has 0 radical (unpaired) electrons. The number of guanidine groups is 1. The topological polar surface area (TPSA) is 80.8 Å². The van der Waals surface area contributed by atoms with E-state index >= 15 is 0 Å². The monoisotopic (exact) mass is 466 g/mol. The second-order valence-electron chi connectivity index (χ2n) is 7.70. The minimum atomic E-state index is -0.327. The van der Waals surface area contributed by atoms with Gasteiger partial charge in [-0.05, 0) is 25.0 Å². The number of rotatable bonds is 9. The number of ether oxygens (including phenoxy) is 1. The van der Waals surface area contributed by atoms with Gasteiger partial charge in [0.25, 0.3) is 0 Å². The number of thiazole rings is 1. The zero-order chi connectivity index (χ0) is 24.1. The number of unbranched alkanes of at least 4 members (excludes halogenated alkanes) is 1. The van der Waals surface area contributed by atoms with Gasteiger partial charge in [0.05, 0.1) is 12.3 Å². The van der Waals surface area contributed by atoms with E-state index in [0.29, 0.717) is 5.96 Å². The molecule has 0 fully saturated rings. The van der Waals surface area contributed by atoms with Crippen LogP contribution >= 0.6 is 11.3 Å². The quantitative estimate of drug-likeness (QED) is 0.195. The second-order valence-corrected chi connectivity index (χ2v) is 8.59. The number of benzene rings is 2. The van der Waals surface area contributed by atoms with E-state index in [0.717, 1.165) is 41.3 Å². The van der Waals surface area contributed by atoms with E-state index < -0.39 is 0 Å². The summed E-state index contributed by atoms with van der Waals surface area (Å²) < 4.78 is 5.58. The van der Waals surface area contributed by atoms with Crippen LogP contribution < -0.4 is 10.5 Å². The van der Waals surface area contributed by atoms with Crippen molar-refractivity contribution in [1.29, 1.82) is 0 Å². The van der Waals surface area contributed by atoms with Crippen molar-refractivity contribution in [1.82, 2.24) is 9.88 Å². The summed E-state index contributed by atoms with van der Waals surface area (Å²) in [5.41, 5.74) is 9.00. The number of aromatic nitrogens is 1. The van der Waals surface area contributed by atoms with Crippen molar-refractivity contribution in [3.63, 3.8) is 0 Å². The van der Waals surface area contributed by atoms with Crippen molar-refractivity contribution in [2.24, 2.45) is 10.7 Å². The summed E-state index contributed by atoms with van der Waals surface area (Å²) >= 11 is 1.49. The smallest absolute Gasteiger partial charge is 0.191 e. The summed E-state index contributed by atoms with van der Waals surface area (Å²) in [7, 11) is 3.63. The molecule has 0 spiro atoms. The molecule has 0 saturated heterocycles. The summed E-state index contributed by atoms with van der Waals surface area (Å²) in [6.45, 7) is 5.07. The first kappa shape index (κ1) is 26.1. The van der Waals surface area contributed by atoms with Crippen molar-refractivity contribution in [3.8, 4) is 17.0 Å². The van der Waals surface area contributed by atoms with Gasteiger partial charge in [-0.2, -0.15) is 0 Å². The van der Waals surface area contributed by atoms with Gasteiger partial charge in [0.15, 0.2) is 5.96 Å². The average molecular weight is 467 g/mol. The minimum absolute atomic E-state index is 0.274. The number of aryl methyl sites for hydroxylation is 1. The Labute approximate surface area is 201 Å². The number of carbonyl (C=O) groups excluding carboxylic acids is 1. The van der Waals surface area contributed by atoms with E-state index in [1.54, 1.807) is 4.90 Å². The number of aliphatic imine (C=N–C) groups is 1. The Balaban J connectivity index is 0.000000273.